The maximum absolute atomic E-state index is 11.4. The summed E-state index contributed by atoms with van der Waals surface area (Å²) in [6.45, 7) is 1.77. The smallest absolute Gasteiger partial charge is 0.305 e. The Hall–Kier alpha value is -0.870. The zero-order valence-electron chi connectivity index (χ0n) is 16.3. The first-order valence-electron chi connectivity index (χ1n) is 10.3. The highest BCUT2D eigenvalue weighted by atomic mass is 16.5. The maximum atomic E-state index is 11.4. The number of unbranched alkanes of at least 4 members (excludes halogenated alkanes) is 11. The molecule has 0 amide bonds. The Balaban J connectivity index is 0. The van der Waals surface area contributed by atoms with Crippen LogP contribution in [0.1, 0.15) is 104 Å². The quantitative estimate of drug-likeness (QED) is 0.188. The molecule has 1 atom stereocenters. The van der Waals surface area contributed by atoms with Crippen molar-refractivity contribution in [2.24, 2.45) is 0 Å². The summed E-state index contributed by atoms with van der Waals surface area (Å²) in [4.78, 5) is 11.4. The van der Waals surface area contributed by atoms with Gasteiger partial charge >= 0.3 is 5.97 Å². The fourth-order valence-corrected chi connectivity index (χ4v) is 2.65. The zero-order chi connectivity index (χ0) is 18.6. The van der Waals surface area contributed by atoms with Gasteiger partial charge in [0.2, 0.25) is 0 Å². The first-order valence-corrected chi connectivity index (χ1v) is 10.3. The number of aliphatic hydroxyl groups is 2. The highest BCUT2D eigenvalue weighted by Gasteiger charge is 2.07. The van der Waals surface area contributed by atoms with Crippen LogP contribution in [0.4, 0.5) is 0 Å². The van der Waals surface area contributed by atoms with Crippen molar-refractivity contribution in [3.8, 4) is 0 Å². The molecule has 4 heteroatoms. The van der Waals surface area contributed by atoms with E-state index in [1.165, 1.54) is 57.8 Å². The van der Waals surface area contributed by atoms with Crippen LogP contribution in [-0.2, 0) is 9.53 Å². The second kappa shape index (κ2) is 22.2. The minimum absolute atomic E-state index is 0. The fraction of sp³-hybridized carbons (Fsp3) is 0.864. The summed E-state index contributed by atoms with van der Waals surface area (Å²) in [5.74, 6) is -0.287. The van der Waals surface area contributed by atoms with Crippen molar-refractivity contribution < 1.29 is 19.7 Å². The standard InChI is InChI=1S/C21H40O4.CH4/c1-2-3-4-5-6-7-8-9-10-11-12-13-14-15-16-17-21(24)25-19-20(23)18-22;/h9-10,20,22-23H,2-8,11-19H2,1H3;1H4/b10-9-;. The van der Waals surface area contributed by atoms with Gasteiger partial charge in [0.25, 0.3) is 0 Å². The largest absolute Gasteiger partial charge is 0.463 e. The molecule has 0 aromatic rings. The molecular weight excluding hydrogens is 328 g/mol. The van der Waals surface area contributed by atoms with Gasteiger partial charge in [-0.25, -0.2) is 0 Å². The Morgan fingerprint density at radius 2 is 1.38 bits per heavy atom. The first kappa shape index (κ1) is 27.3. The van der Waals surface area contributed by atoms with Gasteiger partial charge in [-0.15, -0.1) is 0 Å². The monoisotopic (exact) mass is 372 g/mol. The van der Waals surface area contributed by atoms with Crippen molar-refractivity contribution in [3.05, 3.63) is 12.2 Å². The van der Waals surface area contributed by atoms with Gasteiger partial charge in [-0.1, -0.05) is 77.9 Å². The van der Waals surface area contributed by atoms with Crippen molar-refractivity contribution >= 4 is 5.97 Å². The van der Waals surface area contributed by atoms with Gasteiger partial charge in [0, 0.05) is 6.42 Å². The summed E-state index contributed by atoms with van der Waals surface area (Å²) in [6, 6.07) is 0. The van der Waals surface area contributed by atoms with Gasteiger partial charge in [0.05, 0.1) is 6.61 Å². The molecule has 2 N–H and O–H groups in total. The van der Waals surface area contributed by atoms with Crippen LogP contribution in [0.25, 0.3) is 0 Å². The van der Waals surface area contributed by atoms with E-state index >= 15 is 0 Å². The molecule has 0 aliphatic rings. The van der Waals surface area contributed by atoms with Crippen LogP contribution >= 0.6 is 0 Å². The molecule has 0 aliphatic heterocycles. The average molecular weight is 373 g/mol. The number of hydrogen-bond donors (Lipinski definition) is 2. The molecule has 1 unspecified atom stereocenters. The van der Waals surface area contributed by atoms with Crippen molar-refractivity contribution in [3.63, 3.8) is 0 Å². The fourth-order valence-electron chi connectivity index (χ4n) is 2.65. The number of allylic oxidation sites excluding steroid dienone is 2. The summed E-state index contributed by atoms with van der Waals surface area (Å²) in [5.41, 5.74) is 0. The van der Waals surface area contributed by atoms with Crippen LogP contribution in [-0.4, -0.2) is 35.5 Å². The van der Waals surface area contributed by atoms with Crippen LogP contribution in [0, 0.1) is 0 Å². The minimum atomic E-state index is -0.960. The van der Waals surface area contributed by atoms with Crippen LogP contribution in [0.3, 0.4) is 0 Å². The van der Waals surface area contributed by atoms with Crippen LogP contribution in [0.2, 0.25) is 0 Å². The second-order valence-corrected chi connectivity index (χ2v) is 6.85. The molecule has 0 radical (unpaired) electrons. The van der Waals surface area contributed by atoms with Gasteiger partial charge < -0.3 is 14.9 Å². The summed E-state index contributed by atoms with van der Waals surface area (Å²) in [5, 5.41) is 17.7. The van der Waals surface area contributed by atoms with E-state index in [0.29, 0.717) is 6.42 Å². The molecule has 0 saturated heterocycles. The van der Waals surface area contributed by atoms with Crippen molar-refractivity contribution in [1.82, 2.24) is 0 Å². The number of rotatable bonds is 18. The molecule has 0 fully saturated rings. The second-order valence-electron chi connectivity index (χ2n) is 6.85. The molecule has 0 rings (SSSR count). The lowest BCUT2D eigenvalue weighted by molar-refractivity contribution is -0.147. The van der Waals surface area contributed by atoms with E-state index in [2.05, 4.69) is 19.1 Å². The molecule has 0 aromatic heterocycles. The Labute approximate surface area is 162 Å². The highest BCUT2D eigenvalue weighted by molar-refractivity contribution is 5.69. The van der Waals surface area contributed by atoms with Crippen LogP contribution in [0.5, 0.6) is 0 Å². The summed E-state index contributed by atoms with van der Waals surface area (Å²) < 4.78 is 4.86. The van der Waals surface area contributed by atoms with Crippen molar-refractivity contribution in [2.75, 3.05) is 13.2 Å². The first-order chi connectivity index (χ1) is 12.2. The average Bonchev–Trinajstić information content (AvgIpc) is 2.62. The topological polar surface area (TPSA) is 66.8 Å². The van der Waals surface area contributed by atoms with E-state index in [1.54, 1.807) is 0 Å². The third kappa shape index (κ3) is 21.2. The third-order valence-electron chi connectivity index (χ3n) is 4.29. The summed E-state index contributed by atoms with van der Waals surface area (Å²) in [6.07, 6.45) is 20.1. The van der Waals surface area contributed by atoms with E-state index in [-0.39, 0.29) is 26.6 Å². The predicted octanol–water partition coefficient (Wildman–Crippen LogP) is 5.56. The maximum Gasteiger partial charge on any atom is 0.305 e. The number of hydrogen-bond acceptors (Lipinski definition) is 4. The van der Waals surface area contributed by atoms with Gasteiger partial charge in [-0.2, -0.15) is 0 Å². The number of carbonyl (C=O) groups excluding carboxylic acids is 1. The molecule has 4 nitrogen and oxygen atoms in total. The molecular formula is C22H44O4. The summed E-state index contributed by atoms with van der Waals surface area (Å²) >= 11 is 0. The van der Waals surface area contributed by atoms with E-state index in [4.69, 9.17) is 14.9 Å². The molecule has 0 bridgehead atoms. The van der Waals surface area contributed by atoms with Gasteiger partial charge in [-0.3, -0.25) is 4.79 Å². The van der Waals surface area contributed by atoms with Crippen molar-refractivity contribution in [2.45, 2.75) is 110 Å². The Morgan fingerprint density at radius 3 is 1.92 bits per heavy atom. The highest BCUT2D eigenvalue weighted by Crippen LogP contribution is 2.10. The normalized spacial score (nSPS) is 12.1. The zero-order valence-corrected chi connectivity index (χ0v) is 16.3. The third-order valence-corrected chi connectivity index (χ3v) is 4.29. The number of ether oxygens (including phenoxy) is 1. The van der Waals surface area contributed by atoms with Crippen LogP contribution < -0.4 is 0 Å². The molecule has 0 aromatic carbocycles. The number of aliphatic hydroxyl groups excluding tert-OH is 2. The molecule has 156 valence electrons. The summed E-state index contributed by atoms with van der Waals surface area (Å²) in [7, 11) is 0. The Kier molecular flexibility index (Phi) is 23.3. The van der Waals surface area contributed by atoms with E-state index in [0.717, 1.165) is 25.7 Å². The van der Waals surface area contributed by atoms with Crippen molar-refractivity contribution in [1.29, 1.82) is 0 Å². The SMILES string of the molecule is C.CCCCCCCC/C=C\CCCCCCCC(=O)OCC(O)CO. The Bertz CT molecular complexity index is 315. The van der Waals surface area contributed by atoms with Crippen LogP contribution in [0.15, 0.2) is 12.2 Å². The number of carbonyl (C=O) groups is 1. The van der Waals surface area contributed by atoms with E-state index < -0.39 is 6.10 Å². The molecule has 0 spiro atoms. The van der Waals surface area contributed by atoms with E-state index in [1.807, 2.05) is 0 Å². The lowest BCUT2D eigenvalue weighted by atomic mass is 10.1. The molecule has 0 heterocycles. The van der Waals surface area contributed by atoms with E-state index in [9.17, 15) is 4.79 Å². The molecule has 26 heavy (non-hydrogen) atoms. The van der Waals surface area contributed by atoms with Gasteiger partial charge in [0.1, 0.15) is 12.7 Å². The minimum Gasteiger partial charge on any atom is -0.463 e. The van der Waals surface area contributed by atoms with Gasteiger partial charge in [-0.05, 0) is 32.1 Å². The van der Waals surface area contributed by atoms with Gasteiger partial charge in [0.15, 0.2) is 0 Å². The molecule has 0 saturated carbocycles. The number of esters is 1. The molecule has 0 aliphatic carbocycles. The predicted molar refractivity (Wildman–Crippen MR) is 110 cm³/mol. The lowest BCUT2D eigenvalue weighted by Crippen LogP contribution is -2.21. The Morgan fingerprint density at radius 1 is 0.885 bits per heavy atom. The lowest BCUT2D eigenvalue weighted by Gasteiger charge is -2.08.